The number of hydrogen-bond acceptors (Lipinski definition) is 3. The molecule has 0 aliphatic carbocycles. The summed E-state index contributed by atoms with van der Waals surface area (Å²) in [7, 11) is 0. The minimum Gasteiger partial charge on any atom is -0.381 e. The Kier molecular flexibility index (Phi) is 3.98. The van der Waals surface area contributed by atoms with Crippen LogP contribution in [0.25, 0.3) is 11.4 Å². The van der Waals surface area contributed by atoms with Crippen molar-refractivity contribution in [3.05, 3.63) is 35.1 Å². The molecule has 5 heteroatoms. The van der Waals surface area contributed by atoms with Crippen LogP contribution in [0.2, 0.25) is 0 Å². The van der Waals surface area contributed by atoms with E-state index in [2.05, 4.69) is 33.8 Å². The molecule has 4 nitrogen and oxygen atoms in total. The largest absolute Gasteiger partial charge is 0.381 e. The lowest BCUT2D eigenvalue weighted by molar-refractivity contribution is 0.0513. The van der Waals surface area contributed by atoms with E-state index in [1.807, 2.05) is 18.2 Å². The smallest absolute Gasteiger partial charge is 0.195 e. The third kappa shape index (κ3) is 2.55. The van der Waals surface area contributed by atoms with Crippen molar-refractivity contribution < 1.29 is 4.74 Å². The van der Waals surface area contributed by atoms with Crippen LogP contribution in [0.1, 0.15) is 25.8 Å². The van der Waals surface area contributed by atoms with Crippen molar-refractivity contribution in [2.24, 2.45) is 5.92 Å². The summed E-state index contributed by atoms with van der Waals surface area (Å²) in [6, 6.07) is 10.5. The predicted octanol–water partition coefficient (Wildman–Crippen LogP) is 3.60. The van der Waals surface area contributed by atoms with Gasteiger partial charge in [0, 0.05) is 24.8 Å². The molecular weight excluding hydrogens is 270 g/mol. The summed E-state index contributed by atoms with van der Waals surface area (Å²) in [6.45, 7) is 3.93. The highest BCUT2D eigenvalue weighted by Gasteiger charge is 2.24. The van der Waals surface area contributed by atoms with Gasteiger partial charge in [-0.1, -0.05) is 30.3 Å². The van der Waals surface area contributed by atoms with E-state index in [4.69, 9.17) is 17.0 Å². The molecule has 1 N–H and O–H groups in total. The number of nitrogens with zero attached hydrogens (tertiary/aromatic N) is 2. The van der Waals surface area contributed by atoms with Crippen LogP contribution >= 0.6 is 12.2 Å². The first-order valence-corrected chi connectivity index (χ1v) is 7.48. The molecule has 1 aliphatic rings. The molecule has 2 heterocycles. The lowest BCUT2D eigenvalue weighted by Crippen LogP contribution is -2.24. The highest BCUT2D eigenvalue weighted by molar-refractivity contribution is 7.71. The van der Waals surface area contributed by atoms with Crippen molar-refractivity contribution in [2.45, 2.75) is 25.8 Å². The van der Waals surface area contributed by atoms with Gasteiger partial charge in [-0.25, -0.2) is 0 Å². The molecule has 1 aliphatic heterocycles. The van der Waals surface area contributed by atoms with Gasteiger partial charge in [0.2, 0.25) is 0 Å². The summed E-state index contributed by atoms with van der Waals surface area (Å²) >= 11 is 5.43. The standard InChI is InChI=1S/C15H19N3OS/c1-11(12-7-9-19-10-8-12)18-14(16-17-15(18)20)13-5-3-2-4-6-13/h2-6,11-12H,7-10H2,1H3,(H,17,20). The van der Waals surface area contributed by atoms with Gasteiger partial charge in [-0.05, 0) is 37.9 Å². The Morgan fingerprint density at radius 3 is 2.70 bits per heavy atom. The van der Waals surface area contributed by atoms with Crippen LogP contribution in [0.3, 0.4) is 0 Å². The van der Waals surface area contributed by atoms with Gasteiger partial charge in [-0.2, -0.15) is 5.10 Å². The topological polar surface area (TPSA) is 42.8 Å². The fourth-order valence-electron chi connectivity index (χ4n) is 2.88. The molecule has 106 valence electrons. The molecule has 1 saturated heterocycles. The maximum atomic E-state index is 5.45. The van der Waals surface area contributed by atoms with E-state index in [1.54, 1.807) is 0 Å². The van der Waals surface area contributed by atoms with E-state index in [-0.39, 0.29) is 0 Å². The zero-order valence-electron chi connectivity index (χ0n) is 11.6. The predicted molar refractivity (Wildman–Crippen MR) is 81.1 cm³/mol. The van der Waals surface area contributed by atoms with E-state index in [0.29, 0.717) is 16.7 Å². The first kappa shape index (κ1) is 13.5. The van der Waals surface area contributed by atoms with E-state index in [9.17, 15) is 0 Å². The molecule has 1 fully saturated rings. The molecular formula is C15H19N3OS. The number of hydrogen-bond donors (Lipinski definition) is 1. The summed E-state index contributed by atoms with van der Waals surface area (Å²) in [6.07, 6.45) is 2.17. The highest BCUT2D eigenvalue weighted by atomic mass is 32.1. The summed E-state index contributed by atoms with van der Waals surface area (Å²) in [5, 5.41) is 7.36. The average molecular weight is 289 g/mol. The van der Waals surface area contributed by atoms with Gasteiger partial charge in [0.1, 0.15) is 0 Å². The molecule has 0 spiro atoms. The first-order valence-electron chi connectivity index (χ1n) is 7.07. The van der Waals surface area contributed by atoms with E-state index in [0.717, 1.165) is 37.4 Å². The normalized spacial score (nSPS) is 18.1. The number of ether oxygens (including phenoxy) is 1. The number of nitrogens with one attached hydrogen (secondary N) is 1. The molecule has 0 radical (unpaired) electrons. The van der Waals surface area contributed by atoms with Crippen LogP contribution in [0, 0.1) is 10.7 Å². The third-order valence-corrected chi connectivity index (χ3v) is 4.38. The molecule has 20 heavy (non-hydrogen) atoms. The first-order chi connectivity index (χ1) is 9.77. The third-order valence-electron chi connectivity index (χ3n) is 4.09. The molecule has 1 aromatic carbocycles. The Morgan fingerprint density at radius 2 is 2.00 bits per heavy atom. The summed E-state index contributed by atoms with van der Waals surface area (Å²) in [5.74, 6) is 1.52. The Labute approximate surface area is 123 Å². The fourth-order valence-corrected chi connectivity index (χ4v) is 3.18. The molecule has 3 rings (SSSR count). The highest BCUT2D eigenvalue weighted by Crippen LogP contribution is 2.31. The lowest BCUT2D eigenvalue weighted by Gasteiger charge is -2.29. The maximum absolute atomic E-state index is 5.45. The number of aromatic amines is 1. The Bertz CT molecular complexity index is 614. The van der Waals surface area contributed by atoms with Gasteiger partial charge in [0.25, 0.3) is 0 Å². The van der Waals surface area contributed by atoms with Crippen LogP contribution in [0.4, 0.5) is 0 Å². The van der Waals surface area contributed by atoms with Gasteiger partial charge < -0.3 is 4.74 Å². The maximum Gasteiger partial charge on any atom is 0.195 e. The van der Waals surface area contributed by atoms with Crippen molar-refractivity contribution in [3.63, 3.8) is 0 Å². The fraction of sp³-hybridized carbons (Fsp3) is 0.467. The van der Waals surface area contributed by atoms with Gasteiger partial charge in [-0.15, -0.1) is 0 Å². The van der Waals surface area contributed by atoms with Gasteiger partial charge in [0.15, 0.2) is 10.6 Å². The molecule has 1 atom stereocenters. The quantitative estimate of drug-likeness (QED) is 0.878. The number of aromatic nitrogens is 3. The Balaban J connectivity index is 1.96. The van der Waals surface area contributed by atoms with Crippen molar-refractivity contribution in [2.75, 3.05) is 13.2 Å². The van der Waals surface area contributed by atoms with E-state index >= 15 is 0 Å². The summed E-state index contributed by atoms with van der Waals surface area (Å²) in [4.78, 5) is 0. The van der Waals surface area contributed by atoms with Gasteiger partial charge in [-0.3, -0.25) is 9.67 Å². The Morgan fingerprint density at radius 1 is 1.30 bits per heavy atom. The second kappa shape index (κ2) is 5.89. The Hall–Kier alpha value is -1.46. The molecule has 0 amide bonds. The van der Waals surface area contributed by atoms with Crippen molar-refractivity contribution >= 4 is 12.2 Å². The van der Waals surface area contributed by atoms with E-state index < -0.39 is 0 Å². The van der Waals surface area contributed by atoms with Crippen LogP contribution in [-0.4, -0.2) is 28.0 Å². The van der Waals surface area contributed by atoms with Crippen LogP contribution in [0.15, 0.2) is 30.3 Å². The molecule has 0 saturated carbocycles. The second-order valence-corrected chi connectivity index (χ2v) is 5.67. The minimum absolute atomic E-state index is 0.334. The molecule has 2 aromatic rings. The monoisotopic (exact) mass is 289 g/mol. The van der Waals surface area contributed by atoms with Crippen molar-refractivity contribution in [3.8, 4) is 11.4 Å². The lowest BCUT2D eigenvalue weighted by atomic mass is 9.92. The van der Waals surface area contributed by atoms with Crippen molar-refractivity contribution in [1.82, 2.24) is 14.8 Å². The average Bonchev–Trinajstić information content (AvgIpc) is 2.90. The SMILES string of the molecule is CC(C1CCOCC1)n1c(-c2ccccc2)n[nH]c1=S. The van der Waals surface area contributed by atoms with E-state index in [1.165, 1.54) is 0 Å². The van der Waals surface area contributed by atoms with Crippen molar-refractivity contribution in [1.29, 1.82) is 0 Å². The van der Waals surface area contributed by atoms with Gasteiger partial charge >= 0.3 is 0 Å². The molecule has 0 bridgehead atoms. The molecule has 1 unspecified atom stereocenters. The number of benzene rings is 1. The number of H-pyrrole nitrogens is 1. The number of rotatable bonds is 3. The van der Waals surface area contributed by atoms with Crippen LogP contribution in [-0.2, 0) is 4.74 Å². The zero-order valence-corrected chi connectivity index (χ0v) is 12.4. The van der Waals surface area contributed by atoms with Crippen LogP contribution < -0.4 is 0 Å². The second-order valence-electron chi connectivity index (χ2n) is 5.28. The zero-order chi connectivity index (χ0) is 13.9. The van der Waals surface area contributed by atoms with Gasteiger partial charge in [0.05, 0.1) is 0 Å². The summed E-state index contributed by atoms with van der Waals surface area (Å²) < 4.78 is 8.30. The summed E-state index contributed by atoms with van der Waals surface area (Å²) in [5.41, 5.74) is 1.10. The minimum atomic E-state index is 0.334. The van der Waals surface area contributed by atoms with Crippen LogP contribution in [0.5, 0.6) is 0 Å². The molecule has 1 aromatic heterocycles.